The lowest BCUT2D eigenvalue weighted by Gasteiger charge is -2.26. The van der Waals surface area contributed by atoms with Crippen molar-refractivity contribution >= 4 is 40.1 Å². The second-order valence-electron chi connectivity index (χ2n) is 10.3. The predicted octanol–water partition coefficient (Wildman–Crippen LogP) is 4.11. The molecular formula is C30H31FN6O4. The maximum atomic E-state index is 13.6. The van der Waals surface area contributed by atoms with Gasteiger partial charge in [-0.3, -0.25) is 19.3 Å². The lowest BCUT2D eigenvalue weighted by atomic mass is 10.0. The Morgan fingerprint density at radius 3 is 2.32 bits per heavy atom. The molecule has 4 aromatic rings. The molecule has 1 aliphatic carbocycles. The molecule has 11 heteroatoms. The zero-order valence-electron chi connectivity index (χ0n) is 22.8. The van der Waals surface area contributed by atoms with Crippen LogP contribution in [0.5, 0.6) is 11.5 Å². The lowest BCUT2D eigenvalue weighted by Crippen LogP contribution is -2.41. The summed E-state index contributed by atoms with van der Waals surface area (Å²) >= 11 is 0. The number of aromatic nitrogens is 2. The standard InChI is InChI=1S/C30H31FN6O4/c1-36(2)17-3-15-34-27(38)24-18-23-25(12-16-33-26(23)35-24)41-22-10-8-21(9-11-22)37(20-6-4-19(31)5-7-20)29(40)30(13-14-30)28(32)39/h4-12,16,18H,3,13-15,17H2,1-2H3,(H2,32,39)(H,33,35)(H,34,38). The number of rotatable bonds is 11. The van der Waals surface area contributed by atoms with E-state index in [4.69, 9.17) is 10.5 Å². The van der Waals surface area contributed by atoms with Crippen molar-refractivity contribution in [2.75, 3.05) is 32.1 Å². The van der Waals surface area contributed by atoms with E-state index >= 15 is 0 Å². The van der Waals surface area contributed by atoms with Gasteiger partial charge in [-0.15, -0.1) is 0 Å². The van der Waals surface area contributed by atoms with Crippen molar-refractivity contribution in [1.82, 2.24) is 20.2 Å². The first kappa shape index (κ1) is 27.8. The zero-order valence-corrected chi connectivity index (χ0v) is 22.8. The van der Waals surface area contributed by atoms with E-state index in [1.807, 2.05) is 14.1 Å². The number of carbonyl (C=O) groups excluding carboxylic acids is 3. The summed E-state index contributed by atoms with van der Waals surface area (Å²) < 4.78 is 19.7. The van der Waals surface area contributed by atoms with Crippen molar-refractivity contribution in [3.05, 3.63) is 78.4 Å². The number of nitrogens with zero attached hydrogens (tertiary/aromatic N) is 3. The van der Waals surface area contributed by atoms with Gasteiger partial charge >= 0.3 is 0 Å². The Bertz CT molecular complexity index is 1580. The van der Waals surface area contributed by atoms with Gasteiger partial charge in [-0.1, -0.05) is 0 Å². The van der Waals surface area contributed by atoms with Crippen molar-refractivity contribution in [2.24, 2.45) is 11.1 Å². The van der Waals surface area contributed by atoms with Crippen LogP contribution in [0.1, 0.15) is 29.8 Å². The molecule has 2 aromatic heterocycles. The largest absolute Gasteiger partial charge is 0.457 e. The molecule has 2 aromatic carbocycles. The summed E-state index contributed by atoms with van der Waals surface area (Å²) in [5.74, 6) is -0.848. The first-order chi connectivity index (χ1) is 19.7. The SMILES string of the molecule is CN(C)CCCNC(=O)c1cc2c(Oc3ccc(N(C(=O)C4(C(N)=O)CC4)c4ccc(F)cc4)cc3)ccnc2[nH]1. The van der Waals surface area contributed by atoms with E-state index in [-0.39, 0.29) is 5.91 Å². The molecule has 1 saturated carbocycles. The number of aromatic amines is 1. The van der Waals surface area contributed by atoms with Crippen molar-refractivity contribution in [1.29, 1.82) is 0 Å². The molecule has 4 N–H and O–H groups in total. The molecule has 10 nitrogen and oxygen atoms in total. The number of nitrogens with one attached hydrogen (secondary N) is 2. The minimum Gasteiger partial charge on any atom is -0.457 e. The van der Waals surface area contributed by atoms with E-state index < -0.39 is 23.0 Å². The molecule has 0 radical (unpaired) electrons. The molecule has 0 spiro atoms. The summed E-state index contributed by atoms with van der Waals surface area (Å²) in [4.78, 5) is 49.0. The van der Waals surface area contributed by atoms with Crippen LogP contribution < -0.4 is 20.7 Å². The number of hydrogen-bond acceptors (Lipinski definition) is 6. The first-order valence-corrected chi connectivity index (χ1v) is 13.3. The van der Waals surface area contributed by atoms with Gasteiger partial charge in [0, 0.05) is 24.1 Å². The van der Waals surface area contributed by atoms with Gasteiger partial charge in [0.25, 0.3) is 5.91 Å². The van der Waals surface area contributed by atoms with Crippen molar-refractivity contribution < 1.29 is 23.5 Å². The summed E-state index contributed by atoms with van der Waals surface area (Å²) in [7, 11) is 3.96. The van der Waals surface area contributed by atoms with E-state index in [2.05, 4.69) is 20.2 Å². The molecular weight excluding hydrogens is 527 g/mol. The molecule has 0 aliphatic heterocycles. The van der Waals surface area contributed by atoms with Crippen molar-refractivity contribution in [3.8, 4) is 11.5 Å². The summed E-state index contributed by atoms with van der Waals surface area (Å²) in [5.41, 5.74) is 6.06. The Hall–Kier alpha value is -4.77. The third-order valence-electron chi connectivity index (χ3n) is 7.05. The number of primary amides is 1. The van der Waals surface area contributed by atoms with Crippen LogP contribution >= 0.6 is 0 Å². The van der Waals surface area contributed by atoms with Crippen LogP contribution in [-0.4, -0.2) is 59.8 Å². The smallest absolute Gasteiger partial charge is 0.267 e. The van der Waals surface area contributed by atoms with E-state index in [1.54, 1.807) is 42.6 Å². The molecule has 5 rings (SSSR count). The average molecular weight is 559 g/mol. The lowest BCUT2D eigenvalue weighted by molar-refractivity contribution is -0.133. The van der Waals surface area contributed by atoms with Crippen LogP contribution in [0, 0.1) is 11.2 Å². The fraction of sp³-hybridized carbons (Fsp3) is 0.267. The summed E-state index contributed by atoms with van der Waals surface area (Å²) in [6, 6.07) is 15.6. The molecule has 0 saturated heterocycles. The van der Waals surface area contributed by atoms with Crippen molar-refractivity contribution in [3.63, 3.8) is 0 Å². The van der Waals surface area contributed by atoms with Crippen LogP contribution in [-0.2, 0) is 9.59 Å². The van der Waals surface area contributed by atoms with Gasteiger partial charge < -0.3 is 25.7 Å². The number of pyridine rings is 1. The highest BCUT2D eigenvalue weighted by Crippen LogP contribution is 2.49. The molecule has 41 heavy (non-hydrogen) atoms. The molecule has 1 aliphatic rings. The molecule has 212 valence electrons. The second-order valence-corrected chi connectivity index (χ2v) is 10.3. The van der Waals surface area contributed by atoms with E-state index in [0.29, 0.717) is 59.0 Å². The summed E-state index contributed by atoms with van der Waals surface area (Å²) in [6.07, 6.45) is 3.14. The molecule has 1 fully saturated rings. The van der Waals surface area contributed by atoms with Crippen LogP contribution in [0.2, 0.25) is 0 Å². The number of amides is 3. The minimum absolute atomic E-state index is 0.230. The summed E-state index contributed by atoms with van der Waals surface area (Å²) in [6.45, 7) is 1.42. The van der Waals surface area contributed by atoms with Gasteiger partial charge in [-0.2, -0.15) is 0 Å². The Balaban J connectivity index is 1.36. The Morgan fingerprint density at radius 1 is 1.05 bits per heavy atom. The van der Waals surface area contributed by atoms with Crippen molar-refractivity contribution in [2.45, 2.75) is 19.3 Å². The molecule has 0 unspecified atom stereocenters. The average Bonchev–Trinajstić information content (AvgIpc) is 3.66. The number of nitrogens with two attached hydrogens (primary N) is 1. The number of halogens is 1. The van der Waals surface area contributed by atoms with Crippen LogP contribution in [0.25, 0.3) is 11.0 Å². The van der Waals surface area contributed by atoms with Gasteiger partial charge in [-0.05, 0) is 101 Å². The number of fused-ring (bicyclic) bond motifs is 1. The number of benzene rings is 2. The van der Waals surface area contributed by atoms with Gasteiger partial charge in [0.1, 0.15) is 34.1 Å². The number of anilines is 2. The summed E-state index contributed by atoms with van der Waals surface area (Å²) in [5, 5.41) is 3.54. The zero-order chi connectivity index (χ0) is 29.1. The Kier molecular flexibility index (Phi) is 7.71. The fourth-order valence-electron chi connectivity index (χ4n) is 4.57. The van der Waals surface area contributed by atoms with Crippen LogP contribution in [0.15, 0.2) is 66.9 Å². The highest BCUT2D eigenvalue weighted by atomic mass is 19.1. The Labute approximate surface area is 236 Å². The highest BCUT2D eigenvalue weighted by molar-refractivity contribution is 6.16. The number of ether oxygens (including phenoxy) is 1. The number of carbonyl (C=O) groups is 3. The fourth-order valence-corrected chi connectivity index (χ4v) is 4.57. The molecule has 0 atom stereocenters. The highest BCUT2D eigenvalue weighted by Gasteiger charge is 2.57. The predicted molar refractivity (Wildman–Crippen MR) is 153 cm³/mol. The maximum absolute atomic E-state index is 13.6. The third-order valence-corrected chi connectivity index (χ3v) is 7.05. The molecule has 0 bridgehead atoms. The van der Waals surface area contributed by atoms with E-state index in [0.717, 1.165) is 13.0 Å². The second kappa shape index (κ2) is 11.4. The maximum Gasteiger partial charge on any atom is 0.267 e. The normalized spacial score (nSPS) is 13.7. The van der Waals surface area contributed by atoms with Gasteiger partial charge in [0.05, 0.1) is 5.39 Å². The van der Waals surface area contributed by atoms with E-state index in [1.165, 1.54) is 29.2 Å². The third kappa shape index (κ3) is 5.90. The number of hydrogen-bond donors (Lipinski definition) is 3. The first-order valence-electron chi connectivity index (χ1n) is 13.3. The monoisotopic (exact) mass is 558 g/mol. The quantitative estimate of drug-likeness (QED) is 0.187. The van der Waals surface area contributed by atoms with Crippen LogP contribution in [0.3, 0.4) is 0 Å². The van der Waals surface area contributed by atoms with E-state index in [9.17, 15) is 18.8 Å². The molecule has 2 heterocycles. The van der Waals surface area contributed by atoms with Gasteiger partial charge in [0.15, 0.2) is 0 Å². The minimum atomic E-state index is -1.27. The van der Waals surface area contributed by atoms with Gasteiger partial charge in [-0.25, -0.2) is 9.37 Å². The number of H-pyrrole nitrogens is 1. The van der Waals surface area contributed by atoms with Crippen LogP contribution in [0.4, 0.5) is 15.8 Å². The van der Waals surface area contributed by atoms with Gasteiger partial charge in [0.2, 0.25) is 11.8 Å². The Morgan fingerprint density at radius 2 is 1.71 bits per heavy atom. The molecule has 3 amide bonds. The topological polar surface area (TPSA) is 134 Å².